The molecule has 5 nitrogen and oxygen atoms in total. The molecule has 11 rings (SSSR count). The Balaban J connectivity index is 1.04. The molecule has 7 aromatic carbocycles. The molecule has 2 unspecified atom stereocenters. The number of hydrogen-bond donors (Lipinski definition) is 2. The highest BCUT2D eigenvalue weighted by Crippen LogP contribution is 2.41. The van der Waals surface area contributed by atoms with Gasteiger partial charge in [-0.2, -0.15) is 0 Å². The molecule has 3 aromatic heterocycles. The largest absolute Gasteiger partial charge is 0.456 e. The van der Waals surface area contributed by atoms with Gasteiger partial charge in [0.05, 0.1) is 0 Å². The van der Waals surface area contributed by atoms with Gasteiger partial charge in [-0.05, 0) is 59.2 Å². The number of nitrogens with one attached hydrogen (secondary N) is 2. The van der Waals surface area contributed by atoms with E-state index in [-0.39, 0.29) is 12.3 Å². The van der Waals surface area contributed by atoms with Crippen molar-refractivity contribution >= 4 is 81.2 Å². The van der Waals surface area contributed by atoms with Crippen LogP contribution < -0.4 is 10.6 Å². The van der Waals surface area contributed by atoms with Crippen LogP contribution in [0.3, 0.4) is 0 Å². The number of hydrogen-bond acceptors (Lipinski definition) is 6. The van der Waals surface area contributed by atoms with E-state index in [0.29, 0.717) is 0 Å². The molecule has 0 spiro atoms. The minimum Gasteiger partial charge on any atom is -0.456 e. The summed E-state index contributed by atoms with van der Waals surface area (Å²) in [5.74, 6) is 0.846. The van der Waals surface area contributed by atoms with E-state index < -0.39 is 0 Å². The zero-order valence-corrected chi connectivity index (χ0v) is 28.1. The maximum atomic E-state index is 6.79. The Morgan fingerprint density at radius 1 is 0.490 bits per heavy atom. The lowest BCUT2D eigenvalue weighted by Gasteiger charge is -2.32. The van der Waals surface area contributed by atoms with Crippen molar-refractivity contribution < 1.29 is 8.83 Å². The second-order valence-electron chi connectivity index (χ2n) is 13.2. The maximum Gasteiger partial charge on any atom is 0.142 e. The molecule has 2 atom stereocenters. The predicted octanol–water partition coefficient (Wildman–Crippen LogP) is 11.9. The molecule has 0 fully saturated rings. The molecule has 242 valence electrons. The average molecular weight is 676 g/mol. The Hall–Kier alpha value is -6.21. The van der Waals surface area contributed by atoms with Crippen LogP contribution in [-0.4, -0.2) is 5.84 Å². The summed E-state index contributed by atoms with van der Waals surface area (Å²) in [5.41, 5.74) is 8.93. The van der Waals surface area contributed by atoms with Crippen molar-refractivity contribution in [3.8, 4) is 11.1 Å². The van der Waals surface area contributed by atoms with E-state index in [1.165, 1.54) is 25.7 Å². The van der Waals surface area contributed by atoms with Crippen LogP contribution in [0.5, 0.6) is 0 Å². The summed E-state index contributed by atoms with van der Waals surface area (Å²) >= 11 is 1.83. The van der Waals surface area contributed by atoms with Gasteiger partial charge in [0.15, 0.2) is 0 Å². The summed E-state index contributed by atoms with van der Waals surface area (Å²) in [6.07, 6.45) is -0.545. The molecule has 2 N–H and O–H groups in total. The van der Waals surface area contributed by atoms with Crippen molar-refractivity contribution in [3.63, 3.8) is 0 Å². The fourth-order valence-electron chi connectivity index (χ4n) is 7.78. The Morgan fingerprint density at radius 2 is 1.20 bits per heavy atom. The third-order valence-electron chi connectivity index (χ3n) is 10.2. The zero-order valence-electron chi connectivity index (χ0n) is 27.3. The van der Waals surface area contributed by atoms with E-state index in [1.54, 1.807) is 0 Å². The molecule has 0 radical (unpaired) electrons. The second-order valence-corrected chi connectivity index (χ2v) is 14.2. The molecule has 0 saturated heterocycles. The van der Waals surface area contributed by atoms with Crippen molar-refractivity contribution in [2.45, 2.75) is 12.3 Å². The lowest BCUT2D eigenvalue weighted by molar-refractivity contribution is 0.410. The summed E-state index contributed by atoms with van der Waals surface area (Å²) in [4.78, 5) is 5.29. The number of fused-ring (bicyclic) bond motifs is 9. The van der Waals surface area contributed by atoms with Gasteiger partial charge in [-0.3, -0.25) is 5.32 Å². The highest BCUT2D eigenvalue weighted by molar-refractivity contribution is 7.25. The number of nitrogens with zero attached hydrogens (tertiary/aromatic N) is 1. The zero-order chi connectivity index (χ0) is 33.5. The summed E-state index contributed by atoms with van der Waals surface area (Å²) in [6.45, 7) is 0. The van der Waals surface area contributed by atoms with Crippen molar-refractivity contribution in [3.05, 3.63) is 168 Å². The SMILES string of the molecule is c1ccc(C2=NC(c3cccc4c3oc3cc(-c5ccc6oc7ccccc7c6c5)ccc34)NC(c3cccc4sc5ccccc5c34)N2)cc1. The fraction of sp³-hybridized carbons (Fsp3) is 0.0444. The molecule has 0 saturated carbocycles. The first-order valence-electron chi connectivity index (χ1n) is 17.2. The number of furan rings is 2. The molecule has 51 heavy (non-hydrogen) atoms. The second kappa shape index (κ2) is 11.2. The molecule has 1 aliphatic heterocycles. The van der Waals surface area contributed by atoms with E-state index in [2.05, 4.69) is 144 Å². The van der Waals surface area contributed by atoms with E-state index in [4.69, 9.17) is 13.8 Å². The first-order chi connectivity index (χ1) is 25.2. The normalized spacial score (nSPS) is 16.4. The molecule has 4 heterocycles. The molecular weight excluding hydrogens is 647 g/mol. The average Bonchev–Trinajstić information content (AvgIpc) is 3.88. The van der Waals surface area contributed by atoms with E-state index in [1.807, 2.05) is 29.5 Å². The van der Waals surface area contributed by atoms with Crippen LogP contribution in [0.1, 0.15) is 29.0 Å². The third-order valence-corrected chi connectivity index (χ3v) is 11.3. The van der Waals surface area contributed by atoms with Crippen LogP contribution in [-0.2, 0) is 0 Å². The lowest BCUT2D eigenvalue weighted by Crippen LogP contribution is -2.45. The smallest absolute Gasteiger partial charge is 0.142 e. The van der Waals surface area contributed by atoms with Gasteiger partial charge in [-0.25, -0.2) is 4.99 Å². The van der Waals surface area contributed by atoms with Gasteiger partial charge >= 0.3 is 0 Å². The van der Waals surface area contributed by atoms with Gasteiger partial charge in [-0.1, -0.05) is 109 Å². The van der Waals surface area contributed by atoms with Crippen LogP contribution in [0, 0.1) is 0 Å². The molecule has 1 aliphatic rings. The maximum absolute atomic E-state index is 6.79. The number of aliphatic imine (C=N–C) groups is 1. The standard InChI is InChI=1S/C45H29N3O2S/c1-2-10-26(11-3-1)43-46-44(33-15-9-19-40-41(33)32-13-5-7-18-39(32)51-40)48-45(47-43)34-16-8-14-31-30-22-20-28(25-38(30)50-42(31)34)27-21-23-37-35(24-27)29-12-4-6-17-36(29)49-37/h1-25,44-45,48H,(H,46,47). The van der Waals surface area contributed by atoms with E-state index in [0.717, 1.165) is 72.0 Å². The summed E-state index contributed by atoms with van der Waals surface area (Å²) in [6, 6.07) is 53.1. The molecule has 10 aromatic rings. The summed E-state index contributed by atoms with van der Waals surface area (Å²) < 4.78 is 15.4. The molecular formula is C45H29N3O2S. The fourth-order valence-corrected chi connectivity index (χ4v) is 8.92. The van der Waals surface area contributed by atoms with Crippen molar-refractivity contribution in [2.75, 3.05) is 0 Å². The van der Waals surface area contributed by atoms with Gasteiger partial charge < -0.3 is 14.2 Å². The number of para-hydroxylation sites is 2. The number of thiophene rings is 1. The molecule has 0 bridgehead atoms. The Bertz CT molecular complexity index is 3010. The van der Waals surface area contributed by atoms with Gasteiger partial charge in [0.1, 0.15) is 40.5 Å². The summed E-state index contributed by atoms with van der Waals surface area (Å²) in [7, 11) is 0. The van der Waals surface area contributed by atoms with E-state index >= 15 is 0 Å². The molecule has 6 heteroatoms. The Labute approximate surface area is 296 Å². The number of amidine groups is 1. The molecule has 0 aliphatic carbocycles. The van der Waals surface area contributed by atoms with Gasteiger partial charge in [0, 0.05) is 52.8 Å². The minimum atomic E-state index is -0.355. The van der Waals surface area contributed by atoms with Gasteiger partial charge in [0.25, 0.3) is 0 Å². The van der Waals surface area contributed by atoms with Crippen LogP contribution in [0.2, 0.25) is 0 Å². The van der Waals surface area contributed by atoms with Crippen LogP contribution in [0.4, 0.5) is 0 Å². The quantitative estimate of drug-likeness (QED) is 0.195. The highest BCUT2D eigenvalue weighted by atomic mass is 32.1. The van der Waals surface area contributed by atoms with Gasteiger partial charge in [0.2, 0.25) is 0 Å². The Morgan fingerprint density at radius 3 is 2.14 bits per heavy atom. The first-order valence-corrected chi connectivity index (χ1v) is 18.0. The minimum absolute atomic E-state index is 0.190. The Kier molecular flexibility index (Phi) is 6.26. The van der Waals surface area contributed by atoms with E-state index in [9.17, 15) is 0 Å². The van der Waals surface area contributed by atoms with Crippen molar-refractivity contribution in [2.24, 2.45) is 4.99 Å². The molecule has 0 amide bonds. The highest BCUT2D eigenvalue weighted by Gasteiger charge is 2.29. The number of rotatable bonds is 4. The number of benzene rings is 7. The monoisotopic (exact) mass is 675 g/mol. The topological polar surface area (TPSA) is 62.7 Å². The lowest BCUT2D eigenvalue weighted by atomic mass is 10.00. The third kappa shape index (κ3) is 4.54. The van der Waals surface area contributed by atoms with Crippen molar-refractivity contribution in [1.82, 2.24) is 10.6 Å². The summed E-state index contributed by atoms with van der Waals surface area (Å²) in [5, 5.41) is 14.6. The van der Waals surface area contributed by atoms with Crippen molar-refractivity contribution in [1.29, 1.82) is 0 Å². The predicted molar refractivity (Wildman–Crippen MR) is 210 cm³/mol. The van der Waals surface area contributed by atoms with Crippen LogP contribution in [0.15, 0.2) is 165 Å². The van der Waals surface area contributed by atoms with Crippen LogP contribution >= 0.6 is 11.3 Å². The van der Waals surface area contributed by atoms with Gasteiger partial charge in [-0.15, -0.1) is 11.3 Å². The van der Waals surface area contributed by atoms with Crippen LogP contribution in [0.25, 0.3) is 75.2 Å². The first kappa shape index (κ1) is 28.6.